The average Bonchev–Trinajstić information content (AvgIpc) is 2.72. The van der Waals surface area contributed by atoms with Crippen LogP contribution >= 0.6 is 12.2 Å². The highest BCUT2D eigenvalue weighted by atomic mass is 32.1. The monoisotopic (exact) mass is 359 g/mol. The molecule has 0 atom stereocenters. The van der Waals surface area contributed by atoms with E-state index < -0.39 is 0 Å². The summed E-state index contributed by atoms with van der Waals surface area (Å²) in [5, 5.41) is 8.02. The van der Waals surface area contributed by atoms with Crippen molar-refractivity contribution in [3.63, 3.8) is 0 Å². The molecule has 2 N–H and O–H groups in total. The van der Waals surface area contributed by atoms with Crippen molar-refractivity contribution in [1.29, 1.82) is 0 Å². The van der Waals surface area contributed by atoms with E-state index in [0.29, 0.717) is 11.7 Å². The highest BCUT2D eigenvalue weighted by Crippen LogP contribution is 2.22. The van der Waals surface area contributed by atoms with E-state index in [4.69, 9.17) is 12.2 Å². The highest BCUT2D eigenvalue weighted by Gasteiger charge is 2.11. The van der Waals surface area contributed by atoms with Crippen molar-refractivity contribution >= 4 is 23.5 Å². The Hall–Kier alpha value is -2.98. The lowest BCUT2D eigenvalue weighted by Gasteiger charge is -2.13. The van der Waals surface area contributed by atoms with E-state index in [1.54, 1.807) is 0 Å². The van der Waals surface area contributed by atoms with Gasteiger partial charge in [0.2, 0.25) is 0 Å². The number of nitrogens with one attached hydrogen (secondary N) is 2. The van der Waals surface area contributed by atoms with Gasteiger partial charge in [0, 0.05) is 18.7 Å². The molecule has 0 heterocycles. The first-order valence-corrected chi connectivity index (χ1v) is 8.94. The van der Waals surface area contributed by atoms with Gasteiger partial charge in [0.05, 0.1) is 0 Å². The Kier molecular flexibility index (Phi) is 6.51. The minimum atomic E-state index is 0.0711. The molecular weight excluding hydrogens is 338 g/mol. The lowest BCUT2D eigenvalue weighted by Crippen LogP contribution is -2.31. The van der Waals surface area contributed by atoms with Crippen molar-refractivity contribution in [2.45, 2.75) is 12.5 Å². The van der Waals surface area contributed by atoms with Gasteiger partial charge in [0.1, 0.15) is 0 Å². The molecule has 3 aromatic rings. The molecule has 0 spiro atoms. The lowest BCUT2D eigenvalue weighted by molar-refractivity contribution is 0.865. The third-order valence-corrected chi connectivity index (χ3v) is 4.24. The van der Waals surface area contributed by atoms with E-state index in [2.05, 4.69) is 52.2 Å². The van der Waals surface area contributed by atoms with Gasteiger partial charge < -0.3 is 5.32 Å². The molecule has 3 aromatic carbocycles. The lowest BCUT2D eigenvalue weighted by atomic mass is 9.92. The predicted molar refractivity (Wildman–Crippen MR) is 112 cm³/mol. The minimum Gasteiger partial charge on any atom is -0.357 e. The number of thiocarbonyl (C=S) groups is 1. The zero-order valence-corrected chi connectivity index (χ0v) is 15.2. The van der Waals surface area contributed by atoms with E-state index >= 15 is 0 Å². The smallest absolute Gasteiger partial charge is 0.187 e. The van der Waals surface area contributed by atoms with E-state index in [1.807, 2.05) is 60.8 Å². The normalized spacial score (nSPS) is 10.8. The van der Waals surface area contributed by atoms with Gasteiger partial charge in [-0.05, 0) is 28.9 Å². The number of benzene rings is 3. The Bertz CT molecular complexity index is 794. The van der Waals surface area contributed by atoms with Crippen molar-refractivity contribution < 1.29 is 0 Å². The molecule has 0 fully saturated rings. The van der Waals surface area contributed by atoms with Crippen molar-refractivity contribution in [2.24, 2.45) is 5.10 Å². The molecule has 0 aromatic heterocycles. The van der Waals surface area contributed by atoms with Gasteiger partial charge in [-0.2, -0.15) is 5.10 Å². The van der Waals surface area contributed by atoms with Gasteiger partial charge in [-0.1, -0.05) is 91.0 Å². The summed E-state index contributed by atoms with van der Waals surface area (Å²) in [4.78, 5) is 0. The molecule has 0 aliphatic rings. The average molecular weight is 359 g/mol. The molecule has 0 aliphatic carbocycles. The van der Waals surface area contributed by atoms with Gasteiger partial charge in [-0.25, -0.2) is 0 Å². The van der Waals surface area contributed by atoms with Gasteiger partial charge in [-0.3, -0.25) is 5.43 Å². The fourth-order valence-corrected chi connectivity index (χ4v) is 2.80. The van der Waals surface area contributed by atoms with Crippen LogP contribution < -0.4 is 10.7 Å². The molecular formula is C22H21N3S. The number of hydrogen-bond acceptors (Lipinski definition) is 2. The second kappa shape index (κ2) is 9.49. The molecule has 130 valence electrons. The number of rotatable bonds is 6. The second-order valence-corrected chi connectivity index (χ2v) is 6.27. The van der Waals surface area contributed by atoms with Gasteiger partial charge in [0.25, 0.3) is 0 Å². The summed E-state index contributed by atoms with van der Waals surface area (Å²) in [7, 11) is 0. The molecule has 0 saturated heterocycles. The Labute approximate surface area is 159 Å². The maximum absolute atomic E-state index is 5.30. The van der Waals surface area contributed by atoms with E-state index in [1.165, 1.54) is 16.7 Å². The topological polar surface area (TPSA) is 36.4 Å². The maximum Gasteiger partial charge on any atom is 0.187 e. The molecule has 0 amide bonds. The van der Waals surface area contributed by atoms with Gasteiger partial charge >= 0.3 is 0 Å². The van der Waals surface area contributed by atoms with Crippen molar-refractivity contribution in [1.82, 2.24) is 10.7 Å². The van der Waals surface area contributed by atoms with Crippen LogP contribution in [0.5, 0.6) is 0 Å². The summed E-state index contributed by atoms with van der Waals surface area (Å²) in [6, 6.07) is 30.8. The van der Waals surface area contributed by atoms with Gasteiger partial charge in [0.15, 0.2) is 5.11 Å². The molecule has 0 saturated carbocycles. The summed E-state index contributed by atoms with van der Waals surface area (Å²) >= 11 is 5.30. The summed E-state index contributed by atoms with van der Waals surface area (Å²) < 4.78 is 0. The van der Waals surface area contributed by atoms with Crippen LogP contribution in [-0.2, 0) is 6.54 Å². The number of nitrogens with zero attached hydrogens (tertiary/aromatic N) is 1. The zero-order chi connectivity index (χ0) is 18.0. The molecule has 0 bridgehead atoms. The summed E-state index contributed by atoms with van der Waals surface area (Å²) in [5.41, 5.74) is 6.46. The van der Waals surface area contributed by atoms with E-state index in [-0.39, 0.29) is 5.92 Å². The predicted octanol–water partition coefficient (Wildman–Crippen LogP) is 4.47. The first kappa shape index (κ1) is 17.8. The Morgan fingerprint density at radius 1 is 0.808 bits per heavy atom. The summed E-state index contributed by atoms with van der Waals surface area (Å²) in [6.07, 6.45) is 1.89. The van der Waals surface area contributed by atoms with Crippen LogP contribution in [0, 0.1) is 0 Å². The molecule has 3 rings (SSSR count). The first-order chi connectivity index (χ1) is 12.8. The summed E-state index contributed by atoms with van der Waals surface area (Å²) in [6.45, 7) is 0.670. The quantitative estimate of drug-likeness (QED) is 0.387. The van der Waals surface area contributed by atoms with Crippen LogP contribution in [0.3, 0.4) is 0 Å². The zero-order valence-electron chi connectivity index (χ0n) is 14.4. The van der Waals surface area contributed by atoms with Crippen LogP contribution in [0.25, 0.3) is 0 Å². The van der Waals surface area contributed by atoms with Gasteiger partial charge in [-0.15, -0.1) is 0 Å². The SMILES string of the molecule is S=C(NCc1ccccc1)N/N=C/C(c1ccccc1)c1ccccc1. The molecule has 0 unspecified atom stereocenters. The van der Waals surface area contributed by atoms with Crippen molar-refractivity contribution in [3.05, 3.63) is 108 Å². The van der Waals surface area contributed by atoms with Crippen molar-refractivity contribution in [2.75, 3.05) is 0 Å². The van der Waals surface area contributed by atoms with E-state index in [9.17, 15) is 0 Å². The number of hydrogen-bond donors (Lipinski definition) is 2. The largest absolute Gasteiger partial charge is 0.357 e. The third-order valence-electron chi connectivity index (χ3n) is 4.00. The standard InChI is InChI=1S/C22H21N3S/c26-22(23-16-18-10-4-1-5-11-18)25-24-17-21(19-12-6-2-7-13-19)20-14-8-3-9-15-20/h1-15,17,21H,16H2,(H2,23,25,26)/b24-17+. The van der Waals surface area contributed by atoms with Crippen LogP contribution in [-0.4, -0.2) is 11.3 Å². The van der Waals surface area contributed by atoms with Crippen LogP contribution in [0.1, 0.15) is 22.6 Å². The fraction of sp³-hybridized carbons (Fsp3) is 0.0909. The fourth-order valence-electron chi connectivity index (χ4n) is 2.67. The van der Waals surface area contributed by atoms with Crippen molar-refractivity contribution in [3.8, 4) is 0 Å². The Morgan fingerprint density at radius 3 is 1.85 bits per heavy atom. The first-order valence-electron chi connectivity index (χ1n) is 8.54. The van der Waals surface area contributed by atoms with Crippen LogP contribution in [0.4, 0.5) is 0 Å². The Morgan fingerprint density at radius 2 is 1.31 bits per heavy atom. The highest BCUT2D eigenvalue weighted by molar-refractivity contribution is 7.80. The molecule has 26 heavy (non-hydrogen) atoms. The summed E-state index contributed by atoms with van der Waals surface area (Å²) in [5.74, 6) is 0.0711. The molecule has 4 heteroatoms. The minimum absolute atomic E-state index is 0.0711. The Balaban J connectivity index is 1.62. The third kappa shape index (κ3) is 5.26. The van der Waals surface area contributed by atoms with Crippen LogP contribution in [0.2, 0.25) is 0 Å². The molecule has 0 radical (unpaired) electrons. The molecule has 0 aliphatic heterocycles. The van der Waals surface area contributed by atoms with Crippen LogP contribution in [0.15, 0.2) is 96.1 Å². The second-order valence-electron chi connectivity index (χ2n) is 5.86. The van der Waals surface area contributed by atoms with E-state index in [0.717, 1.165) is 0 Å². The maximum atomic E-state index is 5.30. The number of hydrazone groups is 1. The molecule has 3 nitrogen and oxygen atoms in total.